The number of benzene rings is 1. The summed E-state index contributed by atoms with van der Waals surface area (Å²) in [5, 5.41) is 7.35. The number of carbonyl (C=O) groups is 1. The van der Waals surface area contributed by atoms with Crippen LogP contribution < -0.4 is 15.5 Å². The van der Waals surface area contributed by atoms with Crippen LogP contribution in [0.5, 0.6) is 0 Å². The topological polar surface area (TPSA) is 81.4 Å². The zero-order chi connectivity index (χ0) is 22.9. The molecule has 7 heteroatoms. The summed E-state index contributed by atoms with van der Waals surface area (Å²) in [5.41, 5.74) is 7.25. The number of nitrogens with zero attached hydrogens (tertiary/aromatic N) is 4. The Hall–Kier alpha value is -3.71. The number of anilines is 3. The summed E-state index contributed by atoms with van der Waals surface area (Å²) in [7, 11) is 0. The Morgan fingerprint density at radius 1 is 1.15 bits per heavy atom. The maximum absolute atomic E-state index is 12.6. The van der Waals surface area contributed by atoms with Crippen LogP contribution in [0.2, 0.25) is 0 Å². The lowest BCUT2D eigenvalue weighted by molar-refractivity contribution is 0.0532. The van der Waals surface area contributed by atoms with Crippen LogP contribution in [0.4, 0.5) is 17.2 Å². The Morgan fingerprint density at radius 2 is 2.03 bits per heavy atom. The van der Waals surface area contributed by atoms with Gasteiger partial charge in [0.2, 0.25) is 0 Å². The summed E-state index contributed by atoms with van der Waals surface area (Å²) in [6, 6.07) is 10.1. The second-order valence-corrected chi connectivity index (χ2v) is 8.51. The lowest BCUT2D eigenvalue weighted by Gasteiger charge is -2.34. The third kappa shape index (κ3) is 4.19. The number of morpholine rings is 1. The van der Waals surface area contributed by atoms with Gasteiger partial charge in [0.25, 0.3) is 5.91 Å². The predicted octanol–water partition coefficient (Wildman–Crippen LogP) is 4.46. The van der Waals surface area contributed by atoms with E-state index in [0.717, 1.165) is 53.3 Å². The number of amides is 1. The summed E-state index contributed by atoms with van der Waals surface area (Å²) in [6.07, 6.45) is 7.16. The normalized spacial score (nSPS) is 17.5. The number of aromatic nitrogens is 2. The molecule has 2 aromatic heterocycles. The second-order valence-electron chi connectivity index (χ2n) is 8.51. The molecule has 3 aromatic rings. The monoisotopic (exact) mass is 440 g/mol. The molecule has 1 atom stereocenters. The number of ether oxygens (including phenoxy) is 1. The molecule has 7 nitrogen and oxygen atoms in total. The van der Waals surface area contributed by atoms with Crippen LogP contribution in [0.1, 0.15) is 34.0 Å². The van der Waals surface area contributed by atoms with Gasteiger partial charge in [-0.15, -0.1) is 0 Å². The highest BCUT2D eigenvalue weighted by Gasteiger charge is 2.23. The minimum atomic E-state index is -0.299. The fourth-order valence-corrected chi connectivity index (χ4v) is 4.39. The van der Waals surface area contributed by atoms with Crippen molar-refractivity contribution in [2.24, 2.45) is 0 Å². The minimum absolute atomic E-state index is 0.216. The fraction of sp³-hybridized carbons (Fsp3) is 0.269. The molecule has 0 saturated carbocycles. The van der Waals surface area contributed by atoms with Crippen molar-refractivity contribution in [3.63, 3.8) is 0 Å². The average Bonchev–Trinajstić information content (AvgIpc) is 2.79. The van der Waals surface area contributed by atoms with E-state index in [1.165, 1.54) is 11.9 Å². The molecular weight excluding hydrogens is 414 g/mol. The lowest BCUT2D eigenvalue weighted by Crippen LogP contribution is -2.41. The number of carbonyl (C=O) groups excluding carboxylic acids is 1. The van der Waals surface area contributed by atoms with Gasteiger partial charge in [0.15, 0.2) is 0 Å². The first-order valence-corrected chi connectivity index (χ1v) is 11.1. The van der Waals surface area contributed by atoms with E-state index < -0.39 is 0 Å². The molecule has 2 aliphatic heterocycles. The fourth-order valence-electron chi connectivity index (χ4n) is 4.39. The zero-order valence-electron chi connectivity index (χ0n) is 19.0. The highest BCUT2D eigenvalue weighted by atomic mass is 16.5. The van der Waals surface area contributed by atoms with Crippen LogP contribution in [0.3, 0.4) is 0 Å². The molecule has 0 bridgehead atoms. The molecule has 0 spiro atoms. The quantitative estimate of drug-likeness (QED) is 0.645. The van der Waals surface area contributed by atoms with Crippen molar-refractivity contribution in [3.05, 3.63) is 71.2 Å². The third-order valence-corrected chi connectivity index (χ3v) is 6.07. The van der Waals surface area contributed by atoms with Gasteiger partial charge in [0, 0.05) is 48.6 Å². The van der Waals surface area contributed by atoms with Gasteiger partial charge >= 0.3 is 0 Å². The van der Waals surface area contributed by atoms with Gasteiger partial charge in [-0.25, -0.2) is 10.3 Å². The van der Waals surface area contributed by atoms with E-state index in [4.69, 9.17) is 9.72 Å². The number of rotatable bonds is 4. The molecule has 0 aliphatic carbocycles. The van der Waals surface area contributed by atoms with Crippen molar-refractivity contribution in [1.29, 1.82) is 0 Å². The first kappa shape index (κ1) is 21.2. The summed E-state index contributed by atoms with van der Waals surface area (Å²) in [5.74, 6) is 0.198. The number of hydrogen-bond acceptors (Lipinski definition) is 6. The van der Waals surface area contributed by atoms with Crippen LogP contribution in [-0.2, 0) is 4.74 Å². The van der Waals surface area contributed by atoms with Gasteiger partial charge in [-0.05, 0) is 73.9 Å². The van der Waals surface area contributed by atoms with E-state index >= 15 is 0 Å². The van der Waals surface area contributed by atoms with E-state index in [0.29, 0.717) is 11.4 Å². The standard InChI is InChI=1S/C26H26N5O2/c1-16-6-8-27-14-21(16)22-13-19-7-9-28-26(32)24(19)25(30-22)29-20-4-5-23(17(2)12-20)31-10-11-33-18(3)15-31/h4-9,12-14,18H,10-11,15H2,1-3H3,(H,29,30)/t18-/m1/s1. The van der Waals surface area contributed by atoms with Gasteiger partial charge in [-0.1, -0.05) is 0 Å². The van der Waals surface area contributed by atoms with Gasteiger partial charge in [0.05, 0.1) is 24.0 Å². The van der Waals surface area contributed by atoms with E-state index in [1.54, 1.807) is 12.4 Å². The molecule has 1 N–H and O–H groups in total. The zero-order valence-corrected chi connectivity index (χ0v) is 19.0. The van der Waals surface area contributed by atoms with Crippen LogP contribution in [0.15, 0.2) is 48.9 Å². The highest BCUT2D eigenvalue weighted by molar-refractivity contribution is 6.05. The van der Waals surface area contributed by atoms with Crippen molar-refractivity contribution in [3.8, 4) is 11.3 Å². The number of nitrogens with one attached hydrogen (secondary N) is 1. The molecule has 2 aliphatic rings. The number of fused-ring (bicyclic) bond motifs is 1. The Balaban J connectivity index is 1.52. The van der Waals surface area contributed by atoms with Gasteiger partial charge < -0.3 is 15.0 Å². The first-order valence-electron chi connectivity index (χ1n) is 11.1. The van der Waals surface area contributed by atoms with Crippen LogP contribution in [0.25, 0.3) is 17.3 Å². The molecular formula is C26H26N5O2. The molecule has 1 fully saturated rings. The SMILES string of the molecule is Cc1ccncc1-c1cc2c(c(Nc3ccc(N4CCO[C@H](C)C4)c(C)c3)n1)C(=O)[N]C=C2. The molecule has 1 radical (unpaired) electrons. The van der Waals surface area contributed by atoms with Gasteiger partial charge in [-0.2, -0.15) is 0 Å². The largest absolute Gasteiger partial charge is 0.375 e. The first-order chi connectivity index (χ1) is 16.0. The lowest BCUT2D eigenvalue weighted by atomic mass is 10.0. The minimum Gasteiger partial charge on any atom is -0.375 e. The summed E-state index contributed by atoms with van der Waals surface area (Å²) in [6.45, 7) is 8.70. The van der Waals surface area contributed by atoms with E-state index in [-0.39, 0.29) is 12.0 Å². The van der Waals surface area contributed by atoms with Crippen molar-refractivity contribution < 1.29 is 9.53 Å². The van der Waals surface area contributed by atoms with Gasteiger partial charge in [-0.3, -0.25) is 9.78 Å². The summed E-state index contributed by atoms with van der Waals surface area (Å²) < 4.78 is 5.68. The van der Waals surface area contributed by atoms with E-state index in [2.05, 4.69) is 46.5 Å². The molecule has 167 valence electrons. The predicted molar refractivity (Wildman–Crippen MR) is 130 cm³/mol. The molecule has 4 heterocycles. The van der Waals surface area contributed by atoms with Crippen molar-refractivity contribution >= 4 is 29.2 Å². The Kier molecular flexibility index (Phi) is 5.56. The summed E-state index contributed by atoms with van der Waals surface area (Å²) >= 11 is 0. The van der Waals surface area contributed by atoms with Crippen molar-refractivity contribution in [2.45, 2.75) is 26.9 Å². The number of aryl methyl sites for hydroxylation is 2. The Bertz CT molecular complexity index is 1250. The maximum atomic E-state index is 12.6. The molecule has 1 amide bonds. The van der Waals surface area contributed by atoms with Crippen LogP contribution in [-0.4, -0.2) is 41.7 Å². The maximum Gasteiger partial charge on any atom is 0.281 e. The Labute approximate surface area is 193 Å². The van der Waals surface area contributed by atoms with Gasteiger partial charge in [0.1, 0.15) is 5.82 Å². The Morgan fingerprint density at radius 3 is 2.82 bits per heavy atom. The molecule has 5 rings (SSSR count). The molecule has 1 aromatic carbocycles. The van der Waals surface area contributed by atoms with E-state index in [9.17, 15) is 4.79 Å². The summed E-state index contributed by atoms with van der Waals surface area (Å²) in [4.78, 5) is 24.1. The highest BCUT2D eigenvalue weighted by Crippen LogP contribution is 2.32. The van der Waals surface area contributed by atoms with Crippen molar-refractivity contribution in [2.75, 3.05) is 29.9 Å². The molecule has 1 saturated heterocycles. The third-order valence-electron chi connectivity index (χ3n) is 6.07. The molecule has 33 heavy (non-hydrogen) atoms. The molecule has 0 unspecified atom stereocenters. The number of hydrogen-bond donors (Lipinski definition) is 1. The van der Waals surface area contributed by atoms with E-state index in [1.807, 2.05) is 31.2 Å². The van der Waals surface area contributed by atoms with Crippen LogP contribution >= 0.6 is 0 Å². The van der Waals surface area contributed by atoms with Crippen LogP contribution in [0, 0.1) is 13.8 Å². The second kappa shape index (κ2) is 8.67. The average molecular weight is 441 g/mol. The smallest absolute Gasteiger partial charge is 0.281 e. The number of pyridine rings is 2. The van der Waals surface area contributed by atoms with Crippen molar-refractivity contribution in [1.82, 2.24) is 15.3 Å².